The molecule has 2 aliphatic rings. The van der Waals surface area contributed by atoms with Gasteiger partial charge in [-0.25, -0.2) is 8.42 Å². The zero-order valence-corrected chi connectivity index (χ0v) is 21.2. The molecule has 33 heavy (non-hydrogen) atoms. The highest BCUT2D eigenvalue weighted by Crippen LogP contribution is 2.32. The van der Waals surface area contributed by atoms with Gasteiger partial charge in [0.15, 0.2) is 0 Å². The summed E-state index contributed by atoms with van der Waals surface area (Å²) in [5, 5.41) is 0.895. The van der Waals surface area contributed by atoms with Crippen molar-refractivity contribution < 1.29 is 13.2 Å². The predicted molar refractivity (Wildman–Crippen MR) is 132 cm³/mol. The van der Waals surface area contributed by atoms with Crippen molar-refractivity contribution in [2.75, 3.05) is 39.3 Å². The number of halogens is 3. The lowest BCUT2D eigenvalue weighted by molar-refractivity contribution is 0.0628. The lowest BCUT2D eigenvalue weighted by Gasteiger charge is -2.35. The van der Waals surface area contributed by atoms with Gasteiger partial charge >= 0.3 is 0 Å². The molecule has 0 spiro atoms. The molecular weight excluding hydrogens is 505 g/mol. The summed E-state index contributed by atoms with van der Waals surface area (Å²) in [6, 6.07) is 10.4. The second-order valence-corrected chi connectivity index (χ2v) is 11.6. The van der Waals surface area contributed by atoms with Crippen LogP contribution in [0.2, 0.25) is 15.1 Å². The smallest absolute Gasteiger partial charge is 0.255 e. The van der Waals surface area contributed by atoms with E-state index in [4.69, 9.17) is 34.8 Å². The molecule has 10 heteroatoms. The number of carbonyl (C=O) groups is 1. The molecule has 0 N–H and O–H groups in total. The van der Waals surface area contributed by atoms with Crippen molar-refractivity contribution in [3.8, 4) is 0 Å². The fourth-order valence-corrected chi connectivity index (χ4v) is 6.87. The van der Waals surface area contributed by atoms with E-state index < -0.39 is 10.0 Å². The van der Waals surface area contributed by atoms with E-state index in [9.17, 15) is 13.2 Å². The standard InChI is InChI=1S/C23H26Cl3N3O3S/c24-18-6-4-5-17(13-18)16-27-9-11-28(12-10-27)23(30)19-14-22(21(26)15-20(19)25)33(31,32)29-7-2-1-3-8-29/h4-6,13-15H,1-3,7-12,16H2. The lowest BCUT2D eigenvalue weighted by Crippen LogP contribution is -2.48. The number of piperazine rings is 1. The first-order chi connectivity index (χ1) is 15.8. The van der Waals surface area contributed by atoms with Crippen LogP contribution in [0.3, 0.4) is 0 Å². The van der Waals surface area contributed by atoms with Crippen molar-refractivity contribution in [1.29, 1.82) is 0 Å². The Labute approximate surface area is 210 Å². The van der Waals surface area contributed by atoms with Crippen molar-refractivity contribution in [2.24, 2.45) is 0 Å². The van der Waals surface area contributed by atoms with E-state index in [0.717, 1.165) is 31.4 Å². The van der Waals surface area contributed by atoms with E-state index in [1.54, 1.807) is 4.90 Å². The highest BCUT2D eigenvalue weighted by molar-refractivity contribution is 7.89. The molecule has 2 aliphatic heterocycles. The van der Waals surface area contributed by atoms with E-state index >= 15 is 0 Å². The molecule has 2 aromatic rings. The summed E-state index contributed by atoms with van der Waals surface area (Å²) in [4.78, 5) is 17.2. The van der Waals surface area contributed by atoms with Gasteiger partial charge in [0.05, 0.1) is 15.6 Å². The number of rotatable bonds is 5. The maximum Gasteiger partial charge on any atom is 0.255 e. The molecule has 6 nitrogen and oxygen atoms in total. The van der Waals surface area contributed by atoms with Crippen molar-refractivity contribution in [2.45, 2.75) is 30.7 Å². The molecule has 0 bridgehead atoms. The summed E-state index contributed by atoms with van der Waals surface area (Å²) in [7, 11) is -3.79. The van der Waals surface area contributed by atoms with Gasteiger partial charge in [0.2, 0.25) is 10.0 Å². The van der Waals surface area contributed by atoms with Gasteiger partial charge in [0.25, 0.3) is 5.91 Å². The maximum atomic E-state index is 13.3. The van der Waals surface area contributed by atoms with E-state index in [1.165, 1.54) is 16.4 Å². The topological polar surface area (TPSA) is 60.9 Å². The van der Waals surface area contributed by atoms with E-state index in [1.807, 2.05) is 24.3 Å². The Bertz CT molecular complexity index is 1130. The summed E-state index contributed by atoms with van der Waals surface area (Å²) in [6.07, 6.45) is 2.64. The number of carbonyl (C=O) groups excluding carboxylic acids is 1. The number of amides is 1. The Morgan fingerprint density at radius 3 is 2.21 bits per heavy atom. The predicted octanol–water partition coefficient (Wildman–Crippen LogP) is 4.78. The molecule has 0 atom stereocenters. The molecule has 0 aromatic heterocycles. The third kappa shape index (κ3) is 5.66. The van der Waals surface area contributed by atoms with Crippen molar-refractivity contribution in [3.05, 3.63) is 62.6 Å². The zero-order valence-electron chi connectivity index (χ0n) is 18.1. The van der Waals surface area contributed by atoms with Gasteiger partial charge in [-0.2, -0.15) is 4.31 Å². The average Bonchev–Trinajstić information content (AvgIpc) is 2.80. The van der Waals surface area contributed by atoms with Crippen LogP contribution in [-0.2, 0) is 16.6 Å². The Morgan fingerprint density at radius 1 is 0.848 bits per heavy atom. The van der Waals surface area contributed by atoms with E-state index in [2.05, 4.69) is 4.90 Å². The fraction of sp³-hybridized carbons (Fsp3) is 0.435. The quantitative estimate of drug-likeness (QED) is 0.558. The number of nitrogens with zero attached hydrogens (tertiary/aromatic N) is 3. The van der Waals surface area contributed by atoms with Crippen LogP contribution in [0, 0.1) is 0 Å². The minimum absolute atomic E-state index is 0.0356. The van der Waals surface area contributed by atoms with Crippen LogP contribution < -0.4 is 0 Å². The molecule has 0 radical (unpaired) electrons. The SMILES string of the molecule is O=C(c1cc(S(=O)(=O)N2CCCCC2)c(Cl)cc1Cl)N1CCN(Cc2cccc(Cl)c2)CC1. The lowest BCUT2D eigenvalue weighted by atomic mass is 10.1. The minimum Gasteiger partial charge on any atom is -0.336 e. The van der Waals surface area contributed by atoms with Crippen LogP contribution in [0.4, 0.5) is 0 Å². The third-order valence-electron chi connectivity index (χ3n) is 6.14. The summed E-state index contributed by atoms with van der Waals surface area (Å²) in [5.74, 6) is -0.283. The minimum atomic E-state index is -3.79. The van der Waals surface area contributed by atoms with Crippen LogP contribution in [0.15, 0.2) is 41.3 Å². The van der Waals surface area contributed by atoms with Crippen molar-refractivity contribution in [1.82, 2.24) is 14.1 Å². The molecule has 1 amide bonds. The van der Waals surface area contributed by atoms with Gasteiger partial charge in [-0.15, -0.1) is 0 Å². The van der Waals surface area contributed by atoms with Gasteiger partial charge in [-0.05, 0) is 42.7 Å². The van der Waals surface area contributed by atoms with Crippen molar-refractivity contribution in [3.63, 3.8) is 0 Å². The highest BCUT2D eigenvalue weighted by Gasteiger charge is 2.31. The molecule has 0 aliphatic carbocycles. The Balaban J connectivity index is 1.48. The molecule has 2 heterocycles. The largest absolute Gasteiger partial charge is 0.336 e. The van der Waals surface area contributed by atoms with Gasteiger partial charge in [0, 0.05) is 50.8 Å². The average molecular weight is 531 g/mol. The Morgan fingerprint density at radius 2 is 1.55 bits per heavy atom. The van der Waals surface area contributed by atoms with Crippen LogP contribution in [0.1, 0.15) is 35.2 Å². The van der Waals surface area contributed by atoms with E-state index in [-0.39, 0.29) is 26.4 Å². The fourth-order valence-electron chi connectivity index (χ4n) is 4.31. The molecule has 0 unspecified atom stereocenters. The Hall–Kier alpha value is -1.35. The van der Waals surface area contributed by atoms with Gasteiger partial charge in [-0.3, -0.25) is 9.69 Å². The number of sulfonamides is 1. The van der Waals surface area contributed by atoms with Gasteiger partial charge in [-0.1, -0.05) is 53.4 Å². The summed E-state index contributed by atoms with van der Waals surface area (Å²) >= 11 is 18.7. The molecule has 2 saturated heterocycles. The number of piperidine rings is 1. The number of benzene rings is 2. The van der Waals surface area contributed by atoms with Crippen LogP contribution in [0.5, 0.6) is 0 Å². The first kappa shape index (κ1) is 24.8. The van der Waals surface area contributed by atoms with Gasteiger partial charge < -0.3 is 4.90 Å². The number of hydrogen-bond donors (Lipinski definition) is 0. The second kappa shape index (κ2) is 10.5. The number of hydrogen-bond acceptors (Lipinski definition) is 4. The monoisotopic (exact) mass is 529 g/mol. The highest BCUT2D eigenvalue weighted by atomic mass is 35.5. The normalized spacial score (nSPS) is 18.5. The zero-order chi connectivity index (χ0) is 23.6. The summed E-state index contributed by atoms with van der Waals surface area (Å²) in [6.45, 7) is 4.10. The van der Waals surface area contributed by atoms with E-state index in [0.29, 0.717) is 44.3 Å². The molecule has 0 saturated carbocycles. The Kier molecular flexibility index (Phi) is 7.88. The first-order valence-corrected chi connectivity index (χ1v) is 13.6. The molecule has 4 rings (SSSR count). The third-order valence-corrected chi connectivity index (χ3v) is 9.05. The first-order valence-electron chi connectivity index (χ1n) is 11.0. The molecule has 178 valence electrons. The summed E-state index contributed by atoms with van der Waals surface area (Å²) < 4.78 is 27.8. The van der Waals surface area contributed by atoms with Crippen LogP contribution in [-0.4, -0.2) is 67.7 Å². The molecule has 2 fully saturated rings. The molecule has 2 aromatic carbocycles. The van der Waals surface area contributed by atoms with Crippen LogP contribution >= 0.6 is 34.8 Å². The van der Waals surface area contributed by atoms with Crippen LogP contribution in [0.25, 0.3) is 0 Å². The summed E-state index contributed by atoms with van der Waals surface area (Å²) in [5.41, 5.74) is 1.29. The second-order valence-electron chi connectivity index (χ2n) is 8.43. The maximum absolute atomic E-state index is 13.3. The van der Waals surface area contributed by atoms with Crippen molar-refractivity contribution >= 4 is 50.7 Å². The van der Waals surface area contributed by atoms with Gasteiger partial charge in [0.1, 0.15) is 4.90 Å². The molecular formula is C23H26Cl3N3O3S.